The smallest absolute Gasteiger partial charge is 0.412 e. The van der Waals surface area contributed by atoms with Crippen LogP contribution in [0.5, 0.6) is 0 Å². The predicted octanol–water partition coefficient (Wildman–Crippen LogP) is 2.60. The first-order valence-electron chi connectivity index (χ1n) is 5.24. The number of carboxylic acid groups (broad SMARTS) is 1. The highest BCUT2D eigenvalue weighted by atomic mass is 16.4. The van der Waals surface area contributed by atoms with Crippen molar-refractivity contribution in [2.75, 3.05) is 4.90 Å². The van der Waals surface area contributed by atoms with Crippen LogP contribution in [0.3, 0.4) is 0 Å². The third-order valence-electron chi connectivity index (χ3n) is 2.92. The minimum Gasteiger partial charge on any atom is -0.465 e. The Balaban J connectivity index is 2.24. The van der Waals surface area contributed by atoms with Crippen molar-refractivity contribution in [2.45, 2.75) is 25.3 Å². The first-order valence-corrected chi connectivity index (χ1v) is 5.24. The molecule has 2 rings (SSSR count). The molecule has 0 saturated heterocycles. The van der Waals surface area contributed by atoms with E-state index < -0.39 is 6.09 Å². The second-order valence-corrected chi connectivity index (χ2v) is 3.90. The Hall–Kier alpha value is -2.02. The lowest BCUT2D eigenvalue weighted by Crippen LogP contribution is -2.43. The van der Waals surface area contributed by atoms with E-state index >= 15 is 0 Å². The highest BCUT2D eigenvalue weighted by Crippen LogP contribution is 2.29. The van der Waals surface area contributed by atoms with Crippen LogP contribution in [0.25, 0.3) is 0 Å². The summed E-state index contributed by atoms with van der Waals surface area (Å²) in [6.45, 7) is 0. The Morgan fingerprint density at radius 3 is 2.38 bits per heavy atom. The molecule has 82 valence electrons. The Kier molecular flexibility index (Phi) is 2.78. The number of hydrogen-bond donors (Lipinski definition) is 1. The maximum atomic E-state index is 11.1. The Morgan fingerprint density at radius 1 is 1.38 bits per heavy atom. The average Bonchev–Trinajstić information content (AvgIpc) is 2.23. The van der Waals surface area contributed by atoms with Gasteiger partial charge in [-0.2, -0.15) is 5.26 Å². The van der Waals surface area contributed by atoms with Crippen LogP contribution in [0, 0.1) is 11.3 Å². The van der Waals surface area contributed by atoms with Crippen LogP contribution >= 0.6 is 0 Å². The van der Waals surface area contributed by atoms with Crippen LogP contribution in [0.15, 0.2) is 24.3 Å². The van der Waals surface area contributed by atoms with Gasteiger partial charge in [-0.25, -0.2) is 4.79 Å². The van der Waals surface area contributed by atoms with Crippen molar-refractivity contribution in [1.29, 1.82) is 5.26 Å². The summed E-state index contributed by atoms with van der Waals surface area (Å²) in [6.07, 6.45) is 2.01. The van der Waals surface area contributed by atoms with Crippen LogP contribution in [0.4, 0.5) is 10.5 Å². The molecule has 1 fully saturated rings. The minimum absolute atomic E-state index is 0.102. The Morgan fingerprint density at radius 2 is 2.00 bits per heavy atom. The van der Waals surface area contributed by atoms with E-state index in [0.717, 1.165) is 19.3 Å². The van der Waals surface area contributed by atoms with Crippen LogP contribution in [0.2, 0.25) is 0 Å². The fourth-order valence-electron chi connectivity index (χ4n) is 1.82. The molecule has 0 atom stereocenters. The van der Waals surface area contributed by atoms with E-state index in [0.29, 0.717) is 11.3 Å². The molecule has 1 aliphatic carbocycles. The zero-order valence-corrected chi connectivity index (χ0v) is 8.76. The molecular weight excluding hydrogens is 204 g/mol. The first kappa shape index (κ1) is 10.5. The monoisotopic (exact) mass is 216 g/mol. The average molecular weight is 216 g/mol. The van der Waals surface area contributed by atoms with Crippen molar-refractivity contribution in [2.24, 2.45) is 0 Å². The summed E-state index contributed by atoms with van der Waals surface area (Å²) >= 11 is 0. The molecule has 0 aliphatic heterocycles. The van der Waals surface area contributed by atoms with E-state index in [1.807, 2.05) is 6.07 Å². The third-order valence-corrected chi connectivity index (χ3v) is 2.92. The van der Waals surface area contributed by atoms with E-state index in [9.17, 15) is 4.79 Å². The van der Waals surface area contributed by atoms with Crippen molar-refractivity contribution in [1.82, 2.24) is 0 Å². The van der Waals surface area contributed by atoms with Crippen LogP contribution in [0.1, 0.15) is 24.8 Å². The second-order valence-electron chi connectivity index (χ2n) is 3.90. The van der Waals surface area contributed by atoms with Gasteiger partial charge in [0.2, 0.25) is 0 Å². The second kappa shape index (κ2) is 4.23. The van der Waals surface area contributed by atoms with Crippen LogP contribution in [-0.2, 0) is 0 Å². The van der Waals surface area contributed by atoms with Gasteiger partial charge < -0.3 is 5.11 Å². The lowest BCUT2D eigenvalue weighted by atomic mass is 9.91. The molecule has 1 aliphatic rings. The first-order chi connectivity index (χ1) is 7.72. The lowest BCUT2D eigenvalue weighted by Gasteiger charge is -2.35. The maximum absolute atomic E-state index is 11.1. The summed E-state index contributed by atoms with van der Waals surface area (Å²) in [5.74, 6) is 0. The number of nitrogens with zero attached hydrogens (tertiary/aromatic N) is 2. The summed E-state index contributed by atoms with van der Waals surface area (Å²) < 4.78 is 0. The third kappa shape index (κ3) is 1.84. The van der Waals surface area contributed by atoms with E-state index in [4.69, 9.17) is 10.4 Å². The molecule has 0 aromatic heterocycles. The van der Waals surface area contributed by atoms with Crippen molar-refractivity contribution in [3.8, 4) is 6.07 Å². The quantitative estimate of drug-likeness (QED) is 0.826. The molecule has 1 N–H and O–H groups in total. The molecule has 16 heavy (non-hydrogen) atoms. The van der Waals surface area contributed by atoms with Crippen molar-refractivity contribution in [3.63, 3.8) is 0 Å². The molecule has 0 unspecified atom stereocenters. The summed E-state index contributed by atoms with van der Waals surface area (Å²) in [7, 11) is 0. The molecule has 1 aromatic carbocycles. The van der Waals surface area contributed by atoms with E-state index in [-0.39, 0.29) is 6.04 Å². The largest absolute Gasteiger partial charge is 0.465 e. The zero-order valence-electron chi connectivity index (χ0n) is 8.76. The van der Waals surface area contributed by atoms with E-state index in [2.05, 4.69) is 0 Å². The highest BCUT2D eigenvalue weighted by molar-refractivity contribution is 5.87. The standard InChI is InChI=1S/C12H12N2O2/c13-8-9-4-6-11(7-5-9)14(12(15)16)10-2-1-3-10/h4-7,10H,1-3H2,(H,15,16). The van der Waals surface area contributed by atoms with Gasteiger partial charge in [0.05, 0.1) is 11.6 Å². The molecule has 1 amide bonds. The zero-order chi connectivity index (χ0) is 11.5. The molecular formula is C12H12N2O2. The summed E-state index contributed by atoms with van der Waals surface area (Å²) in [5.41, 5.74) is 1.19. The summed E-state index contributed by atoms with van der Waals surface area (Å²) in [4.78, 5) is 12.5. The van der Waals surface area contributed by atoms with E-state index in [1.54, 1.807) is 24.3 Å². The van der Waals surface area contributed by atoms with Gasteiger partial charge in [0.25, 0.3) is 0 Å². The number of rotatable bonds is 2. The van der Waals surface area contributed by atoms with Crippen molar-refractivity contribution >= 4 is 11.8 Å². The fraction of sp³-hybridized carbons (Fsp3) is 0.333. The number of amides is 1. The Bertz CT molecular complexity index is 429. The molecule has 0 heterocycles. The minimum atomic E-state index is -0.922. The molecule has 0 radical (unpaired) electrons. The summed E-state index contributed by atoms with van der Waals surface area (Å²) in [6, 6.07) is 8.77. The molecule has 0 bridgehead atoms. The van der Waals surface area contributed by atoms with Crippen LogP contribution < -0.4 is 4.90 Å². The van der Waals surface area contributed by atoms with Gasteiger partial charge in [-0.15, -0.1) is 0 Å². The molecule has 0 spiro atoms. The fourth-order valence-corrected chi connectivity index (χ4v) is 1.82. The summed E-state index contributed by atoms with van der Waals surface area (Å²) in [5, 5.41) is 17.8. The van der Waals surface area contributed by atoms with Crippen molar-refractivity contribution < 1.29 is 9.90 Å². The number of benzene rings is 1. The normalized spacial score (nSPS) is 14.9. The number of carbonyl (C=O) groups is 1. The molecule has 1 aromatic rings. The van der Waals surface area contributed by atoms with Gasteiger partial charge in [0, 0.05) is 11.7 Å². The predicted molar refractivity (Wildman–Crippen MR) is 59.3 cm³/mol. The van der Waals surface area contributed by atoms with Gasteiger partial charge in [-0.05, 0) is 43.5 Å². The topological polar surface area (TPSA) is 64.3 Å². The molecule has 1 saturated carbocycles. The Labute approximate surface area is 93.7 Å². The molecule has 4 nitrogen and oxygen atoms in total. The van der Waals surface area contributed by atoms with Crippen LogP contribution in [-0.4, -0.2) is 17.2 Å². The number of nitriles is 1. The van der Waals surface area contributed by atoms with Gasteiger partial charge in [0.1, 0.15) is 0 Å². The van der Waals surface area contributed by atoms with Gasteiger partial charge in [0.15, 0.2) is 0 Å². The highest BCUT2D eigenvalue weighted by Gasteiger charge is 2.29. The SMILES string of the molecule is N#Cc1ccc(N(C(=O)O)C2CCC2)cc1. The van der Waals surface area contributed by atoms with Gasteiger partial charge in [-0.3, -0.25) is 4.90 Å². The number of anilines is 1. The molecule has 4 heteroatoms. The maximum Gasteiger partial charge on any atom is 0.412 e. The van der Waals surface area contributed by atoms with Gasteiger partial charge >= 0.3 is 6.09 Å². The van der Waals surface area contributed by atoms with Crippen molar-refractivity contribution in [3.05, 3.63) is 29.8 Å². The lowest BCUT2D eigenvalue weighted by molar-refractivity contribution is 0.194. The van der Waals surface area contributed by atoms with E-state index in [1.165, 1.54) is 4.90 Å². The number of hydrogen-bond acceptors (Lipinski definition) is 2. The van der Waals surface area contributed by atoms with Gasteiger partial charge in [-0.1, -0.05) is 0 Å².